The van der Waals surface area contributed by atoms with Crippen LogP contribution in [0.1, 0.15) is 40.2 Å². The molecule has 0 bridgehead atoms. The second-order valence-corrected chi connectivity index (χ2v) is 6.74. The number of likely N-dealkylation sites (tertiary alicyclic amines) is 1. The Bertz CT molecular complexity index is 676. The number of carbonyl (C=O) groups excluding carboxylic acids is 1. The Morgan fingerprint density at radius 2 is 1.78 bits per heavy atom. The van der Waals surface area contributed by atoms with E-state index in [4.69, 9.17) is 0 Å². The Morgan fingerprint density at radius 3 is 2.35 bits per heavy atom. The smallest absolute Gasteiger partial charge is 0.253 e. The molecule has 0 saturated carbocycles. The predicted octanol–water partition coefficient (Wildman–Crippen LogP) is 3.36. The van der Waals surface area contributed by atoms with Gasteiger partial charge in [-0.05, 0) is 51.7 Å². The molecule has 2 heterocycles. The first-order chi connectivity index (χ1) is 11.0. The summed E-state index contributed by atoms with van der Waals surface area (Å²) in [6, 6.07) is 6.10. The number of aromatic nitrogens is 2. The minimum Gasteiger partial charge on any atom is -0.339 e. The average Bonchev–Trinajstić information content (AvgIpc) is 2.91. The molecule has 0 unspecified atom stereocenters. The van der Waals surface area contributed by atoms with Gasteiger partial charge in [-0.15, -0.1) is 0 Å². The van der Waals surface area contributed by atoms with E-state index in [0.717, 1.165) is 55.0 Å². The molecule has 1 aliphatic rings. The largest absolute Gasteiger partial charge is 0.339 e. The van der Waals surface area contributed by atoms with Crippen LogP contribution >= 0.6 is 0 Å². The van der Waals surface area contributed by atoms with Gasteiger partial charge in [0, 0.05) is 37.6 Å². The summed E-state index contributed by atoms with van der Waals surface area (Å²) in [7, 11) is 0. The van der Waals surface area contributed by atoms with Crippen molar-refractivity contribution in [2.75, 3.05) is 13.1 Å². The highest BCUT2D eigenvalue weighted by Gasteiger charge is 2.24. The molecule has 0 aliphatic carbocycles. The fourth-order valence-electron chi connectivity index (χ4n) is 3.47. The van der Waals surface area contributed by atoms with Crippen LogP contribution in [0, 0.1) is 26.7 Å². The van der Waals surface area contributed by atoms with Gasteiger partial charge >= 0.3 is 0 Å². The van der Waals surface area contributed by atoms with Crippen LogP contribution in [0.4, 0.5) is 0 Å². The average molecular weight is 311 g/mol. The number of amides is 1. The summed E-state index contributed by atoms with van der Waals surface area (Å²) in [5.74, 6) is 1.87. The SMILES string of the molecule is Cc1cc(C)cc(C(=O)N2CCC(Cn3ccnc3C)CC2)c1. The lowest BCUT2D eigenvalue weighted by molar-refractivity contribution is 0.0682. The van der Waals surface area contributed by atoms with E-state index in [1.54, 1.807) is 0 Å². The fourth-order valence-corrected chi connectivity index (χ4v) is 3.47. The fraction of sp³-hybridized carbons (Fsp3) is 0.474. The van der Waals surface area contributed by atoms with Crippen LogP contribution < -0.4 is 0 Å². The van der Waals surface area contributed by atoms with E-state index in [-0.39, 0.29) is 5.91 Å². The first-order valence-electron chi connectivity index (χ1n) is 8.38. The molecule has 2 aromatic rings. The predicted molar refractivity (Wildman–Crippen MR) is 91.5 cm³/mol. The molecule has 1 aromatic heterocycles. The minimum absolute atomic E-state index is 0.175. The second-order valence-electron chi connectivity index (χ2n) is 6.74. The van der Waals surface area contributed by atoms with Gasteiger partial charge in [0.1, 0.15) is 5.82 Å². The first kappa shape index (κ1) is 15.8. The number of carbonyl (C=O) groups is 1. The number of hydrogen-bond acceptors (Lipinski definition) is 2. The Labute approximate surface area is 138 Å². The monoisotopic (exact) mass is 311 g/mol. The number of benzene rings is 1. The molecule has 1 saturated heterocycles. The van der Waals surface area contributed by atoms with Crippen LogP contribution in [-0.4, -0.2) is 33.4 Å². The molecule has 1 fully saturated rings. The first-order valence-corrected chi connectivity index (χ1v) is 8.38. The highest BCUT2D eigenvalue weighted by Crippen LogP contribution is 2.22. The lowest BCUT2D eigenvalue weighted by atomic mass is 9.95. The van der Waals surface area contributed by atoms with Crippen molar-refractivity contribution in [3.05, 3.63) is 53.1 Å². The number of rotatable bonds is 3. The van der Waals surface area contributed by atoms with Crippen LogP contribution in [-0.2, 0) is 6.54 Å². The van der Waals surface area contributed by atoms with Gasteiger partial charge in [0.2, 0.25) is 0 Å². The van der Waals surface area contributed by atoms with Crippen molar-refractivity contribution in [2.45, 2.75) is 40.2 Å². The zero-order valence-electron chi connectivity index (χ0n) is 14.2. The highest BCUT2D eigenvalue weighted by atomic mass is 16.2. The number of nitrogens with zero attached hydrogens (tertiary/aromatic N) is 3. The molecule has 0 radical (unpaired) electrons. The van der Waals surface area contributed by atoms with Gasteiger partial charge in [-0.25, -0.2) is 4.98 Å². The van der Waals surface area contributed by atoms with Crippen molar-refractivity contribution >= 4 is 5.91 Å². The Kier molecular flexibility index (Phi) is 4.51. The Morgan fingerprint density at radius 1 is 1.13 bits per heavy atom. The quantitative estimate of drug-likeness (QED) is 0.872. The third-order valence-electron chi connectivity index (χ3n) is 4.75. The molecule has 122 valence electrons. The molecule has 1 aromatic carbocycles. The molecule has 3 rings (SSSR count). The molecular formula is C19H25N3O. The normalized spacial score (nSPS) is 15.9. The van der Waals surface area contributed by atoms with E-state index in [1.165, 1.54) is 0 Å². The number of piperidine rings is 1. The summed E-state index contributed by atoms with van der Waals surface area (Å²) in [6.45, 7) is 8.84. The summed E-state index contributed by atoms with van der Waals surface area (Å²) in [4.78, 5) is 19.0. The third-order valence-corrected chi connectivity index (χ3v) is 4.75. The summed E-state index contributed by atoms with van der Waals surface area (Å²) in [5, 5.41) is 0. The lowest BCUT2D eigenvalue weighted by Crippen LogP contribution is -2.39. The molecular weight excluding hydrogens is 286 g/mol. The van der Waals surface area contributed by atoms with Crippen molar-refractivity contribution in [3.8, 4) is 0 Å². The van der Waals surface area contributed by atoms with E-state index in [9.17, 15) is 4.79 Å². The highest BCUT2D eigenvalue weighted by molar-refractivity contribution is 5.94. The Hall–Kier alpha value is -2.10. The van der Waals surface area contributed by atoms with Gasteiger partial charge < -0.3 is 9.47 Å². The molecule has 23 heavy (non-hydrogen) atoms. The molecule has 4 heteroatoms. The van der Waals surface area contributed by atoms with Gasteiger partial charge in [0.25, 0.3) is 5.91 Å². The molecule has 0 spiro atoms. The van der Waals surface area contributed by atoms with Crippen LogP contribution in [0.2, 0.25) is 0 Å². The van der Waals surface area contributed by atoms with Crippen LogP contribution in [0.3, 0.4) is 0 Å². The lowest BCUT2D eigenvalue weighted by Gasteiger charge is -2.32. The van der Waals surface area contributed by atoms with E-state index >= 15 is 0 Å². The van der Waals surface area contributed by atoms with Gasteiger partial charge in [-0.1, -0.05) is 17.2 Å². The van der Waals surface area contributed by atoms with Crippen molar-refractivity contribution in [2.24, 2.45) is 5.92 Å². The maximum atomic E-state index is 12.7. The second kappa shape index (κ2) is 6.57. The maximum absolute atomic E-state index is 12.7. The number of imidazole rings is 1. The number of aryl methyl sites for hydroxylation is 3. The zero-order chi connectivity index (χ0) is 16.4. The van der Waals surface area contributed by atoms with Crippen LogP contribution in [0.25, 0.3) is 0 Å². The summed E-state index contributed by atoms with van der Waals surface area (Å²) < 4.78 is 2.21. The summed E-state index contributed by atoms with van der Waals surface area (Å²) in [6.07, 6.45) is 6.03. The van der Waals surface area contributed by atoms with E-state index < -0.39 is 0 Å². The van der Waals surface area contributed by atoms with Gasteiger partial charge in [-0.2, -0.15) is 0 Å². The minimum atomic E-state index is 0.175. The van der Waals surface area contributed by atoms with Crippen molar-refractivity contribution in [3.63, 3.8) is 0 Å². The topological polar surface area (TPSA) is 38.1 Å². The third kappa shape index (κ3) is 3.63. The van der Waals surface area contributed by atoms with Gasteiger partial charge in [0.05, 0.1) is 0 Å². The van der Waals surface area contributed by atoms with E-state index in [0.29, 0.717) is 5.92 Å². The number of hydrogen-bond donors (Lipinski definition) is 0. The molecule has 4 nitrogen and oxygen atoms in total. The van der Waals surface area contributed by atoms with Crippen molar-refractivity contribution in [1.29, 1.82) is 0 Å². The zero-order valence-corrected chi connectivity index (χ0v) is 14.2. The van der Waals surface area contributed by atoms with Crippen molar-refractivity contribution in [1.82, 2.24) is 14.5 Å². The van der Waals surface area contributed by atoms with Gasteiger partial charge in [0.15, 0.2) is 0 Å². The van der Waals surface area contributed by atoms with Gasteiger partial charge in [-0.3, -0.25) is 4.79 Å². The van der Waals surface area contributed by atoms with E-state index in [1.807, 2.05) is 50.2 Å². The molecule has 1 amide bonds. The Balaban J connectivity index is 1.60. The molecule has 1 aliphatic heterocycles. The van der Waals surface area contributed by atoms with Crippen LogP contribution in [0.15, 0.2) is 30.6 Å². The maximum Gasteiger partial charge on any atom is 0.253 e. The van der Waals surface area contributed by atoms with Crippen molar-refractivity contribution < 1.29 is 4.79 Å². The molecule has 0 N–H and O–H groups in total. The summed E-state index contributed by atoms with van der Waals surface area (Å²) in [5.41, 5.74) is 3.13. The standard InChI is InChI=1S/C19H25N3O/c1-14-10-15(2)12-18(11-14)19(23)21-7-4-17(5-8-21)13-22-9-6-20-16(22)3/h6,9-12,17H,4-5,7-8,13H2,1-3H3. The van der Waals surface area contributed by atoms with Crippen LogP contribution in [0.5, 0.6) is 0 Å². The van der Waals surface area contributed by atoms with E-state index in [2.05, 4.69) is 15.6 Å². The summed E-state index contributed by atoms with van der Waals surface area (Å²) >= 11 is 0. The molecule has 0 atom stereocenters.